The molecule has 0 fully saturated rings. The second kappa shape index (κ2) is 4.46. The number of nitrogens with one attached hydrogen (secondary N) is 2. The normalized spacial score (nSPS) is 10.6. The van der Waals surface area contributed by atoms with Crippen molar-refractivity contribution < 1.29 is 15.0 Å². The van der Waals surface area contributed by atoms with Crippen LogP contribution in [0.1, 0.15) is 5.56 Å². The summed E-state index contributed by atoms with van der Waals surface area (Å²) in [6.07, 6.45) is -0.612. The summed E-state index contributed by atoms with van der Waals surface area (Å²) < 4.78 is 0.669. The topological polar surface area (TPSA) is 102 Å². The molecule has 0 spiro atoms. The van der Waals surface area contributed by atoms with E-state index in [1.54, 1.807) is 6.07 Å². The average Bonchev–Trinajstić information content (AvgIpc) is 2.64. The fraction of sp³-hybridized carbons (Fsp3) is 0.200. The van der Waals surface area contributed by atoms with Crippen LogP contribution >= 0.6 is 11.3 Å². The minimum atomic E-state index is -1.08. The number of phenols is 1. The van der Waals surface area contributed by atoms with E-state index in [0.29, 0.717) is 16.6 Å². The Kier molecular flexibility index (Phi) is 3.01. The summed E-state index contributed by atoms with van der Waals surface area (Å²) in [5, 5.41) is 20.2. The predicted molar refractivity (Wildman–Crippen MR) is 63.8 cm³/mol. The van der Waals surface area contributed by atoms with E-state index in [2.05, 4.69) is 10.3 Å². The lowest BCUT2D eigenvalue weighted by Gasteiger charge is -2.03. The maximum absolute atomic E-state index is 11.2. The van der Waals surface area contributed by atoms with Gasteiger partial charge in [0.05, 0.1) is 4.70 Å². The van der Waals surface area contributed by atoms with Gasteiger partial charge < -0.3 is 20.5 Å². The molecule has 1 aromatic carbocycles. The van der Waals surface area contributed by atoms with Crippen molar-refractivity contribution in [3.63, 3.8) is 0 Å². The second-order valence-corrected chi connectivity index (χ2v) is 4.43. The molecular formula is C10H10N2O4S. The summed E-state index contributed by atoms with van der Waals surface area (Å²) >= 11 is 1.01. The van der Waals surface area contributed by atoms with Crippen molar-refractivity contribution in [3.05, 3.63) is 27.4 Å². The van der Waals surface area contributed by atoms with Crippen LogP contribution in [0.5, 0.6) is 5.75 Å². The Morgan fingerprint density at radius 1 is 1.47 bits per heavy atom. The van der Waals surface area contributed by atoms with Crippen molar-refractivity contribution in [2.45, 2.75) is 6.42 Å². The van der Waals surface area contributed by atoms with Gasteiger partial charge in [-0.2, -0.15) is 0 Å². The first kappa shape index (κ1) is 11.5. The molecule has 0 atom stereocenters. The Morgan fingerprint density at radius 3 is 2.94 bits per heavy atom. The van der Waals surface area contributed by atoms with Crippen LogP contribution in [0.25, 0.3) is 10.2 Å². The van der Waals surface area contributed by atoms with E-state index < -0.39 is 6.09 Å². The molecular weight excluding hydrogens is 244 g/mol. The zero-order chi connectivity index (χ0) is 12.4. The number of hydrogen-bond donors (Lipinski definition) is 4. The quantitative estimate of drug-likeness (QED) is 0.658. The van der Waals surface area contributed by atoms with Crippen LogP contribution in [-0.2, 0) is 6.42 Å². The molecule has 1 amide bonds. The molecule has 2 aromatic rings. The van der Waals surface area contributed by atoms with Gasteiger partial charge in [0.1, 0.15) is 11.3 Å². The number of carboxylic acid groups (broad SMARTS) is 1. The highest BCUT2D eigenvalue weighted by molar-refractivity contribution is 7.16. The molecule has 6 nitrogen and oxygen atoms in total. The number of benzene rings is 1. The van der Waals surface area contributed by atoms with Crippen LogP contribution in [0, 0.1) is 0 Å². The number of fused-ring (bicyclic) bond motifs is 1. The number of rotatable bonds is 3. The Labute approximate surface area is 99.5 Å². The summed E-state index contributed by atoms with van der Waals surface area (Å²) in [5.74, 6) is 0.0216. The number of thiazole rings is 1. The Balaban J connectivity index is 2.31. The van der Waals surface area contributed by atoms with E-state index in [0.717, 1.165) is 16.9 Å². The first-order valence-corrected chi connectivity index (χ1v) is 5.70. The van der Waals surface area contributed by atoms with Crippen molar-refractivity contribution in [2.24, 2.45) is 0 Å². The van der Waals surface area contributed by atoms with E-state index in [1.165, 1.54) is 6.07 Å². The lowest BCUT2D eigenvalue weighted by molar-refractivity contribution is 0.194. The molecule has 0 bridgehead atoms. The van der Waals surface area contributed by atoms with Gasteiger partial charge in [-0.1, -0.05) is 17.4 Å². The van der Waals surface area contributed by atoms with E-state index >= 15 is 0 Å². The highest BCUT2D eigenvalue weighted by atomic mass is 32.1. The maximum Gasteiger partial charge on any atom is 0.404 e. The summed E-state index contributed by atoms with van der Waals surface area (Å²) in [6, 6.07) is 3.17. The van der Waals surface area contributed by atoms with Gasteiger partial charge in [0.2, 0.25) is 0 Å². The van der Waals surface area contributed by atoms with Gasteiger partial charge in [-0.15, -0.1) is 0 Å². The summed E-state index contributed by atoms with van der Waals surface area (Å²) in [5.41, 5.74) is 1.24. The van der Waals surface area contributed by atoms with Gasteiger partial charge in [-0.3, -0.25) is 4.79 Å². The van der Waals surface area contributed by atoms with Crippen molar-refractivity contribution >= 4 is 27.6 Å². The fourth-order valence-electron chi connectivity index (χ4n) is 1.57. The Bertz CT molecular complexity index is 616. The molecule has 17 heavy (non-hydrogen) atoms. The number of hydrogen-bond acceptors (Lipinski definition) is 4. The lowest BCUT2D eigenvalue weighted by atomic mass is 10.1. The number of carbonyl (C=O) groups is 1. The van der Waals surface area contributed by atoms with E-state index in [-0.39, 0.29) is 17.2 Å². The first-order chi connectivity index (χ1) is 8.08. The number of aromatic hydroxyl groups is 1. The van der Waals surface area contributed by atoms with E-state index in [4.69, 9.17) is 5.11 Å². The highest BCUT2D eigenvalue weighted by Crippen LogP contribution is 2.27. The predicted octanol–water partition coefficient (Wildman–Crippen LogP) is 1.11. The van der Waals surface area contributed by atoms with Crippen molar-refractivity contribution in [2.75, 3.05) is 6.54 Å². The standard InChI is InChI=1S/C10H10N2O4S/c13-6-2-1-5(3-4-11-9(14)15)8-7(6)12-10(16)17-8/h1-2,11,13H,3-4H2,(H,12,16)(H,14,15). The largest absolute Gasteiger partial charge is 0.506 e. The molecule has 0 saturated heterocycles. The van der Waals surface area contributed by atoms with Gasteiger partial charge in [-0.05, 0) is 18.1 Å². The third-order valence-electron chi connectivity index (χ3n) is 2.31. The number of amides is 1. The van der Waals surface area contributed by atoms with Gasteiger partial charge in [0.15, 0.2) is 0 Å². The van der Waals surface area contributed by atoms with Crippen LogP contribution < -0.4 is 10.2 Å². The summed E-state index contributed by atoms with van der Waals surface area (Å²) in [6.45, 7) is 0.265. The third-order valence-corrected chi connectivity index (χ3v) is 3.27. The fourth-order valence-corrected chi connectivity index (χ4v) is 2.47. The SMILES string of the molecule is O=C(O)NCCc1ccc(O)c2[nH]c(=O)sc12. The van der Waals surface area contributed by atoms with Crippen LogP contribution in [-0.4, -0.2) is 27.8 Å². The van der Waals surface area contributed by atoms with Crippen molar-refractivity contribution in [3.8, 4) is 5.75 Å². The van der Waals surface area contributed by atoms with Crippen LogP contribution in [0.3, 0.4) is 0 Å². The van der Waals surface area contributed by atoms with Crippen molar-refractivity contribution in [1.82, 2.24) is 10.3 Å². The monoisotopic (exact) mass is 254 g/mol. The van der Waals surface area contributed by atoms with E-state index in [1.807, 2.05) is 0 Å². The minimum absolute atomic E-state index is 0.0216. The molecule has 0 unspecified atom stereocenters. The van der Waals surface area contributed by atoms with Gasteiger partial charge in [0, 0.05) is 6.54 Å². The van der Waals surface area contributed by atoms with Gasteiger partial charge >= 0.3 is 11.0 Å². The molecule has 0 aliphatic heterocycles. The molecule has 0 aliphatic rings. The second-order valence-electron chi connectivity index (χ2n) is 3.44. The number of aromatic amines is 1. The highest BCUT2D eigenvalue weighted by Gasteiger charge is 2.09. The summed E-state index contributed by atoms with van der Waals surface area (Å²) in [4.78, 5) is 23.8. The molecule has 1 heterocycles. The van der Waals surface area contributed by atoms with Gasteiger partial charge in [0.25, 0.3) is 0 Å². The minimum Gasteiger partial charge on any atom is -0.506 e. The molecule has 7 heteroatoms. The zero-order valence-electron chi connectivity index (χ0n) is 8.69. The first-order valence-electron chi connectivity index (χ1n) is 4.88. The van der Waals surface area contributed by atoms with Gasteiger partial charge in [-0.25, -0.2) is 4.79 Å². The molecule has 0 aliphatic carbocycles. The number of phenolic OH excluding ortho intramolecular Hbond substituents is 1. The lowest BCUT2D eigenvalue weighted by Crippen LogP contribution is -2.23. The molecule has 0 radical (unpaired) electrons. The van der Waals surface area contributed by atoms with Crippen molar-refractivity contribution in [1.29, 1.82) is 0 Å². The Morgan fingerprint density at radius 2 is 2.24 bits per heavy atom. The maximum atomic E-state index is 11.2. The molecule has 2 rings (SSSR count). The third kappa shape index (κ3) is 2.39. The molecule has 4 N–H and O–H groups in total. The number of aromatic nitrogens is 1. The van der Waals surface area contributed by atoms with Crippen LogP contribution in [0.15, 0.2) is 16.9 Å². The van der Waals surface area contributed by atoms with E-state index in [9.17, 15) is 14.7 Å². The van der Waals surface area contributed by atoms with Crippen LogP contribution in [0.2, 0.25) is 0 Å². The number of H-pyrrole nitrogens is 1. The zero-order valence-corrected chi connectivity index (χ0v) is 9.50. The Hall–Kier alpha value is -2.02. The molecule has 1 aromatic heterocycles. The summed E-state index contributed by atoms with van der Waals surface area (Å²) in [7, 11) is 0. The smallest absolute Gasteiger partial charge is 0.404 e. The molecule has 90 valence electrons. The van der Waals surface area contributed by atoms with Crippen LogP contribution in [0.4, 0.5) is 4.79 Å². The average molecular weight is 254 g/mol. The molecule has 0 saturated carbocycles.